The molecule has 2 aromatic carbocycles. The second-order valence-electron chi connectivity index (χ2n) is 7.42. The number of rotatable bonds is 8. The topological polar surface area (TPSA) is 54.9 Å². The van der Waals surface area contributed by atoms with Gasteiger partial charge in [-0.05, 0) is 48.9 Å². The largest absolute Gasteiger partial charge is 0.381 e. The van der Waals surface area contributed by atoms with Crippen LogP contribution < -0.4 is 10.6 Å². The van der Waals surface area contributed by atoms with Crippen LogP contribution in [-0.4, -0.2) is 31.8 Å². The summed E-state index contributed by atoms with van der Waals surface area (Å²) in [6.07, 6.45) is 2.29. The van der Waals surface area contributed by atoms with Crippen molar-refractivity contribution in [2.45, 2.75) is 52.5 Å². The van der Waals surface area contributed by atoms with Crippen LogP contribution in [0.5, 0.6) is 0 Å². The summed E-state index contributed by atoms with van der Waals surface area (Å²) < 4.78 is 11.4. The normalized spacial score (nSPS) is 15.3. The van der Waals surface area contributed by atoms with Crippen LogP contribution in [0.3, 0.4) is 0 Å². The summed E-state index contributed by atoms with van der Waals surface area (Å²) >= 11 is 0. The zero-order chi connectivity index (χ0) is 20.3. The second-order valence-corrected chi connectivity index (χ2v) is 7.42. The monoisotopic (exact) mass is 395 g/mol. The number of aliphatic imine (C=N–C) groups is 1. The molecule has 2 aromatic rings. The fourth-order valence-corrected chi connectivity index (χ4v) is 3.37. The van der Waals surface area contributed by atoms with E-state index in [4.69, 9.17) is 14.5 Å². The number of hydrogen-bond donors (Lipinski definition) is 2. The lowest BCUT2D eigenvalue weighted by Crippen LogP contribution is -2.36. The summed E-state index contributed by atoms with van der Waals surface area (Å²) in [6, 6.07) is 16.9. The summed E-state index contributed by atoms with van der Waals surface area (Å²) in [6.45, 7) is 8.70. The van der Waals surface area contributed by atoms with Crippen molar-refractivity contribution in [3.63, 3.8) is 0 Å². The molecule has 1 fully saturated rings. The Hall–Kier alpha value is -2.37. The van der Waals surface area contributed by atoms with E-state index in [0.717, 1.165) is 45.1 Å². The van der Waals surface area contributed by atoms with E-state index in [9.17, 15) is 0 Å². The van der Waals surface area contributed by atoms with E-state index in [1.165, 1.54) is 22.3 Å². The van der Waals surface area contributed by atoms with Crippen molar-refractivity contribution in [1.82, 2.24) is 10.6 Å². The molecule has 0 atom stereocenters. The first-order valence-electron chi connectivity index (χ1n) is 10.6. The third kappa shape index (κ3) is 7.18. The van der Waals surface area contributed by atoms with Gasteiger partial charge in [-0.25, -0.2) is 4.99 Å². The highest BCUT2D eigenvalue weighted by molar-refractivity contribution is 5.79. The van der Waals surface area contributed by atoms with Crippen LogP contribution >= 0.6 is 0 Å². The first kappa shape index (κ1) is 21.3. The number of ether oxygens (including phenoxy) is 2. The van der Waals surface area contributed by atoms with Gasteiger partial charge in [0.25, 0.3) is 0 Å². The van der Waals surface area contributed by atoms with Crippen LogP contribution in [0, 0.1) is 6.92 Å². The SMILES string of the molecule is CCNC(=NCc1cccc(COC2CCOCC2)c1)NCc1ccccc1C. The van der Waals surface area contributed by atoms with Gasteiger partial charge in [-0.1, -0.05) is 48.5 Å². The molecule has 0 spiro atoms. The second kappa shape index (κ2) is 11.6. The molecule has 156 valence electrons. The zero-order valence-corrected chi connectivity index (χ0v) is 17.6. The van der Waals surface area contributed by atoms with Gasteiger partial charge in [-0.3, -0.25) is 0 Å². The molecular formula is C24H33N3O2. The van der Waals surface area contributed by atoms with Crippen LogP contribution in [-0.2, 0) is 29.2 Å². The van der Waals surface area contributed by atoms with Gasteiger partial charge in [0.15, 0.2) is 5.96 Å². The van der Waals surface area contributed by atoms with Gasteiger partial charge in [-0.2, -0.15) is 0 Å². The first-order chi connectivity index (χ1) is 14.2. The van der Waals surface area contributed by atoms with E-state index in [1.807, 2.05) is 0 Å². The summed E-state index contributed by atoms with van der Waals surface area (Å²) in [7, 11) is 0. The van der Waals surface area contributed by atoms with Gasteiger partial charge in [0.1, 0.15) is 0 Å². The summed E-state index contributed by atoms with van der Waals surface area (Å²) in [5.74, 6) is 0.833. The van der Waals surface area contributed by atoms with Gasteiger partial charge in [0.05, 0.1) is 19.3 Å². The highest BCUT2D eigenvalue weighted by Gasteiger charge is 2.14. The van der Waals surface area contributed by atoms with Gasteiger partial charge in [0, 0.05) is 26.3 Å². The molecule has 2 N–H and O–H groups in total. The fourth-order valence-electron chi connectivity index (χ4n) is 3.37. The highest BCUT2D eigenvalue weighted by Crippen LogP contribution is 2.14. The molecule has 1 aliphatic rings. The molecule has 1 heterocycles. The predicted molar refractivity (Wildman–Crippen MR) is 118 cm³/mol. The van der Waals surface area contributed by atoms with Crippen LogP contribution in [0.1, 0.15) is 42.0 Å². The van der Waals surface area contributed by atoms with Crippen LogP contribution in [0.4, 0.5) is 0 Å². The average Bonchev–Trinajstić information content (AvgIpc) is 2.76. The molecule has 29 heavy (non-hydrogen) atoms. The number of nitrogens with zero attached hydrogens (tertiary/aromatic N) is 1. The van der Waals surface area contributed by atoms with E-state index >= 15 is 0 Å². The van der Waals surface area contributed by atoms with Gasteiger partial charge in [-0.15, -0.1) is 0 Å². The summed E-state index contributed by atoms with van der Waals surface area (Å²) in [4.78, 5) is 4.76. The minimum Gasteiger partial charge on any atom is -0.381 e. The summed E-state index contributed by atoms with van der Waals surface area (Å²) in [5, 5.41) is 6.76. The molecule has 1 aliphatic heterocycles. The van der Waals surface area contributed by atoms with E-state index < -0.39 is 0 Å². The molecule has 5 heteroatoms. The third-order valence-corrected chi connectivity index (χ3v) is 5.12. The minimum atomic E-state index is 0.316. The lowest BCUT2D eigenvalue weighted by atomic mass is 10.1. The zero-order valence-electron chi connectivity index (χ0n) is 17.6. The lowest BCUT2D eigenvalue weighted by Gasteiger charge is -2.22. The highest BCUT2D eigenvalue weighted by atomic mass is 16.5. The van der Waals surface area contributed by atoms with E-state index in [2.05, 4.69) is 73.0 Å². The molecule has 0 bridgehead atoms. The molecule has 0 radical (unpaired) electrons. The fraction of sp³-hybridized carbons (Fsp3) is 0.458. The van der Waals surface area contributed by atoms with E-state index in [-0.39, 0.29) is 0 Å². The van der Waals surface area contributed by atoms with Crippen LogP contribution in [0.25, 0.3) is 0 Å². The molecule has 0 amide bonds. The van der Waals surface area contributed by atoms with Crippen molar-refractivity contribution < 1.29 is 9.47 Å². The molecule has 0 saturated carbocycles. The number of aryl methyl sites for hydroxylation is 1. The maximum absolute atomic E-state index is 6.05. The van der Waals surface area contributed by atoms with E-state index in [1.54, 1.807) is 0 Å². The Morgan fingerprint density at radius 1 is 1.07 bits per heavy atom. The molecule has 0 aromatic heterocycles. The molecule has 1 saturated heterocycles. The van der Waals surface area contributed by atoms with Gasteiger partial charge < -0.3 is 20.1 Å². The van der Waals surface area contributed by atoms with Crippen molar-refractivity contribution in [2.24, 2.45) is 4.99 Å². The predicted octanol–water partition coefficient (Wildman–Crippen LogP) is 3.95. The molecule has 0 unspecified atom stereocenters. The first-order valence-corrected chi connectivity index (χ1v) is 10.6. The molecule has 0 aliphatic carbocycles. The van der Waals surface area contributed by atoms with Crippen molar-refractivity contribution >= 4 is 5.96 Å². The standard InChI is InChI=1S/C24H33N3O2/c1-3-25-24(27-17-22-10-5-4-7-19(22)2)26-16-20-8-6-9-21(15-20)18-29-23-11-13-28-14-12-23/h4-10,15,23H,3,11-14,16-18H2,1-2H3,(H2,25,26,27). The Morgan fingerprint density at radius 2 is 1.86 bits per heavy atom. The smallest absolute Gasteiger partial charge is 0.191 e. The van der Waals surface area contributed by atoms with E-state index in [0.29, 0.717) is 19.3 Å². The Morgan fingerprint density at radius 3 is 2.66 bits per heavy atom. The van der Waals surface area contributed by atoms with Gasteiger partial charge >= 0.3 is 0 Å². The maximum atomic E-state index is 6.05. The Labute approximate surface area is 174 Å². The van der Waals surface area contributed by atoms with Crippen LogP contribution in [0.15, 0.2) is 53.5 Å². The van der Waals surface area contributed by atoms with Crippen molar-refractivity contribution in [1.29, 1.82) is 0 Å². The molecule has 3 rings (SSSR count). The third-order valence-electron chi connectivity index (χ3n) is 5.12. The Bertz CT molecular complexity index is 785. The summed E-state index contributed by atoms with van der Waals surface area (Å²) in [5.41, 5.74) is 4.95. The van der Waals surface area contributed by atoms with Crippen LogP contribution in [0.2, 0.25) is 0 Å². The number of guanidine groups is 1. The molecule has 5 nitrogen and oxygen atoms in total. The average molecular weight is 396 g/mol. The maximum Gasteiger partial charge on any atom is 0.191 e. The minimum absolute atomic E-state index is 0.316. The van der Waals surface area contributed by atoms with Crippen molar-refractivity contribution in [3.8, 4) is 0 Å². The number of benzene rings is 2. The molecular weight excluding hydrogens is 362 g/mol. The Balaban J connectivity index is 1.54. The van der Waals surface area contributed by atoms with Crippen molar-refractivity contribution in [3.05, 3.63) is 70.8 Å². The lowest BCUT2D eigenvalue weighted by molar-refractivity contribution is -0.0390. The number of nitrogens with one attached hydrogen (secondary N) is 2. The number of hydrogen-bond acceptors (Lipinski definition) is 3. The Kier molecular flexibility index (Phi) is 8.53. The van der Waals surface area contributed by atoms with Gasteiger partial charge in [0.2, 0.25) is 0 Å². The van der Waals surface area contributed by atoms with Crippen molar-refractivity contribution in [2.75, 3.05) is 19.8 Å². The quantitative estimate of drug-likeness (QED) is 0.525.